The van der Waals surface area contributed by atoms with E-state index >= 15 is 0 Å². The Morgan fingerprint density at radius 3 is 2.87 bits per heavy atom. The van der Waals surface area contributed by atoms with E-state index in [-0.39, 0.29) is 0 Å². The lowest BCUT2D eigenvalue weighted by atomic mass is 9.96. The Balaban J connectivity index is 1.70. The topological polar surface area (TPSA) is 24.8 Å². The number of ether oxygens (including phenoxy) is 1. The van der Waals surface area contributed by atoms with Crippen molar-refractivity contribution in [3.05, 3.63) is 51.5 Å². The lowest BCUT2D eigenvalue weighted by Crippen LogP contribution is -2.26. The van der Waals surface area contributed by atoms with E-state index in [1.807, 2.05) is 0 Å². The van der Waals surface area contributed by atoms with Crippen LogP contribution in [0.25, 0.3) is 6.08 Å². The molecule has 2 aromatic rings. The second-order valence-electron chi connectivity index (χ2n) is 6.79. The van der Waals surface area contributed by atoms with Gasteiger partial charge in [0, 0.05) is 48.7 Å². The van der Waals surface area contributed by atoms with Crippen molar-refractivity contribution in [3.63, 3.8) is 0 Å². The van der Waals surface area contributed by atoms with Crippen LogP contribution in [0.15, 0.2) is 29.3 Å². The van der Waals surface area contributed by atoms with Gasteiger partial charge in [0.1, 0.15) is 11.5 Å². The minimum atomic E-state index is 0.935. The van der Waals surface area contributed by atoms with Crippen LogP contribution in [-0.4, -0.2) is 20.1 Å². The van der Waals surface area contributed by atoms with Crippen molar-refractivity contribution in [1.82, 2.24) is 0 Å². The standard InChI is InChI=1S/C20H20N2O/c1-22-7-3-5-14-9-16-10-15-8-13-4-2-6-21-17(13)11-19(15)23-20(16)12-18(14)22/h8-12H,2-7H2,1H3. The van der Waals surface area contributed by atoms with Gasteiger partial charge in [-0.3, -0.25) is 4.99 Å². The van der Waals surface area contributed by atoms with Crippen molar-refractivity contribution in [2.45, 2.75) is 25.7 Å². The lowest BCUT2D eigenvalue weighted by molar-refractivity contribution is 0.471. The fraction of sp³-hybridized carbons (Fsp3) is 0.350. The van der Waals surface area contributed by atoms with Crippen molar-refractivity contribution in [2.24, 2.45) is 4.99 Å². The van der Waals surface area contributed by atoms with Crippen molar-refractivity contribution in [3.8, 4) is 11.5 Å². The second-order valence-corrected chi connectivity index (χ2v) is 6.79. The summed E-state index contributed by atoms with van der Waals surface area (Å²) in [6, 6.07) is 8.90. The van der Waals surface area contributed by atoms with Crippen molar-refractivity contribution in [2.75, 3.05) is 25.0 Å². The number of nitrogens with zero attached hydrogens (tertiary/aromatic N) is 2. The smallest absolute Gasteiger partial charge is 0.136 e. The van der Waals surface area contributed by atoms with Gasteiger partial charge < -0.3 is 9.64 Å². The van der Waals surface area contributed by atoms with Gasteiger partial charge in [-0.1, -0.05) is 0 Å². The second kappa shape index (κ2) is 4.85. The Kier molecular flexibility index (Phi) is 2.78. The van der Waals surface area contributed by atoms with E-state index in [9.17, 15) is 0 Å². The molecule has 2 aromatic carbocycles. The first kappa shape index (κ1) is 13.2. The number of hydrogen-bond acceptors (Lipinski definition) is 3. The molecule has 0 amide bonds. The Labute approximate surface area is 135 Å². The van der Waals surface area contributed by atoms with Crippen molar-refractivity contribution >= 4 is 11.8 Å². The number of anilines is 1. The summed E-state index contributed by atoms with van der Waals surface area (Å²) < 4.78 is 6.24. The molecule has 0 N–H and O–H groups in total. The molecule has 0 atom stereocenters. The monoisotopic (exact) mass is 304 g/mol. The third kappa shape index (κ3) is 2.07. The first-order valence-corrected chi connectivity index (χ1v) is 8.53. The van der Waals surface area contributed by atoms with Gasteiger partial charge in [-0.2, -0.15) is 0 Å². The molecule has 3 aliphatic rings. The molecule has 0 fully saturated rings. The highest BCUT2D eigenvalue weighted by Gasteiger charge is 2.20. The summed E-state index contributed by atoms with van der Waals surface area (Å²) in [5.74, 6) is 1.92. The maximum absolute atomic E-state index is 6.24. The molecule has 0 bridgehead atoms. The van der Waals surface area contributed by atoms with E-state index in [4.69, 9.17) is 4.74 Å². The van der Waals surface area contributed by atoms with Crippen molar-refractivity contribution in [1.29, 1.82) is 0 Å². The Morgan fingerprint density at radius 1 is 1.00 bits per heavy atom. The molecule has 3 heteroatoms. The predicted octanol–water partition coefficient (Wildman–Crippen LogP) is 2.57. The van der Waals surface area contributed by atoms with Crippen LogP contribution in [0.1, 0.15) is 29.5 Å². The number of fused-ring (bicyclic) bond motifs is 4. The summed E-state index contributed by atoms with van der Waals surface area (Å²) in [5, 5.41) is 2.30. The largest absolute Gasteiger partial charge is 0.456 e. The molecule has 0 radical (unpaired) electrons. The average Bonchev–Trinajstić information content (AvgIpc) is 2.57. The van der Waals surface area contributed by atoms with Crippen LogP contribution in [0.5, 0.6) is 11.5 Å². The summed E-state index contributed by atoms with van der Waals surface area (Å²) in [6.45, 7) is 2.06. The van der Waals surface area contributed by atoms with E-state index in [2.05, 4.69) is 47.3 Å². The molecular weight excluding hydrogens is 284 g/mol. The van der Waals surface area contributed by atoms with E-state index in [0.717, 1.165) is 49.2 Å². The third-order valence-corrected chi connectivity index (χ3v) is 5.19. The van der Waals surface area contributed by atoms with Crippen molar-refractivity contribution < 1.29 is 4.74 Å². The fourth-order valence-electron chi connectivity index (χ4n) is 3.95. The summed E-state index contributed by atoms with van der Waals surface area (Å²) in [5.41, 5.74) is 5.32. The number of aryl methyl sites for hydroxylation is 2. The molecular formula is C20H20N2O. The van der Waals surface area contributed by atoms with E-state index in [1.54, 1.807) is 0 Å². The summed E-state index contributed by atoms with van der Waals surface area (Å²) in [4.78, 5) is 6.97. The highest BCUT2D eigenvalue weighted by Crippen LogP contribution is 2.36. The van der Waals surface area contributed by atoms with Gasteiger partial charge in [-0.25, -0.2) is 0 Å². The van der Waals surface area contributed by atoms with Gasteiger partial charge in [0.2, 0.25) is 0 Å². The van der Waals surface area contributed by atoms with Gasteiger partial charge >= 0.3 is 0 Å². The Hall–Kier alpha value is -2.29. The minimum absolute atomic E-state index is 0.935. The first-order valence-electron chi connectivity index (χ1n) is 8.53. The van der Waals surface area contributed by atoms with E-state index in [1.165, 1.54) is 34.0 Å². The van der Waals surface area contributed by atoms with E-state index in [0.29, 0.717) is 0 Å². The van der Waals surface area contributed by atoms with Gasteiger partial charge in [0.05, 0.1) is 5.36 Å². The number of benzene rings is 2. The predicted molar refractivity (Wildman–Crippen MR) is 92.1 cm³/mol. The zero-order valence-corrected chi connectivity index (χ0v) is 13.4. The molecule has 3 nitrogen and oxygen atoms in total. The quantitative estimate of drug-likeness (QED) is 0.638. The minimum Gasteiger partial charge on any atom is -0.456 e. The molecule has 3 heterocycles. The highest BCUT2D eigenvalue weighted by molar-refractivity contribution is 5.70. The van der Waals surface area contributed by atoms with Crippen LogP contribution in [0, 0.1) is 0 Å². The molecule has 0 saturated heterocycles. The lowest BCUT2D eigenvalue weighted by Gasteiger charge is -2.29. The molecule has 0 saturated carbocycles. The Morgan fingerprint density at radius 2 is 1.91 bits per heavy atom. The fourth-order valence-corrected chi connectivity index (χ4v) is 3.95. The van der Waals surface area contributed by atoms with Crippen LogP contribution >= 0.6 is 0 Å². The molecule has 0 unspecified atom stereocenters. The molecule has 0 aromatic heterocycles. The molecule has 0 aliphatic carbocycles. The number of hydrogen-bond donors (Lipinski definition) is 0. The Bertz CT molecular complexity index is 930. The molecule has 3 aliphatic heterocycles. The molecule has 0 spiro atoms. The van der Waals surface area contributed by atoms with Gasteiger partial charge in [-0.05, 0) is 55.0 Å². The average molecular weight is 304 g/mol. The highest BCUT2D eigenvalue weighted by atomic mass is 16.5. The molecule has 23 heavy (non-hydrogen) atoms. The normalized spacial score (nSPS) is 17.7. The van der Waals surface area contributed by atoms with Gasteiger partial charge in [0.15, 0.2) is 0 Å². The van der Waals surface area contributed by atoms with E-state index < -0.39 is 0 Å². The molecule has 116 valence electrons. The van der Waals surface area contributed by atoms with Crippen LogP contribution in [0.4, 0.5) is 5.69 Å². The van der Waals surface area contributed by atoms with Crippen LogP contribution in [0.3, 0.4) is 0 Å². The SMILES string of the molecule is CN1CCCc2cc3c(cc21)Oc1cc2c(cc1=C3)CCCN=2. The molecule has 5 rings (SSSR count). The van der Waals surface area contributed by atoms with Gasteiger partial charge in [-0.15, -0.1) is 0 Å². The maximum Gasteiger partial charge on any atom is 0.136 e. The zero-order chi connectivity index (χ0) is 15.4. The van der Waals surface area contributed by atoms with Gasteiger partial charge in [0.25, 0.3) is 0 Å². The van der Waals surface area contributed by atoms with Crippen LogP contribution in [-0.2, 0) is 12.8 Å². The first-order chi connectivity index (χ1) is 11.3. The summed E-state index contributed by atoms with van der Waals surface area (Å²) >= 11 is 0. The summed E-state index contributed by atoms with van der Waals surface area (Å²) in [7, 11) is 2.17. The summed E-state index contributed by atoms with van der Waals surface area (Å²) in [6.07, 6.45) is 6.95. The zero-order valence-electron chi connectivity index (χ0n) is 13.4. The van der Waals surface area contributed by atoms with Crippen LogP contribution < -0.4 is 20.2 Å². The van der Waals surface area contributed by atoms with Crippen LogP contribution in [0.2, 0.25) is 0 Å². The third-order valence-electron chi connectivity index (χ3n) is 5.19. The maximum atomic E-state index is 6.24. The number of rotatable bonds is 0.